The lowest BCUT2D eigenvalue weighted by Gasteiger charge is -2.13. The quantitative estimate of drug-likeness (QED) is 0.641. The summed E-state index contributed by atoms with van der Waals surface area (Å²) in [7, 11) is 0. The summed E-state index contributed by atoms with van der Waals surface area (Å²) in [6, 6.07) is 0. The van der Waals surface area contributed by atoms with Crippen molar-refractivity contribution in [3.63, 3.8) is 0 Å². The first kappa shape index (κ1) is 12.0. The number of rotatable bonds is 2. The van der Waals surface area contributed by atoms with E-state index < -0.39 is 23.3 Å². The normalized spacial score (nSPS) is 14.5. The Kier molecular flexibility index (Phi) is 3.10. The van der Waals surface area contributed by atoms with Gasteiger partial charge in [0.2, 0.25) is 0 Å². The molecule has 0 saturated heterocycles. The number of alkyl halides is 3. The van der Waals surface area contributed by atoms with Crippen LogP contribution in [0.25, 0.3) is 0 Å². The van der Waals surface area contributed by atoms with Gasteiger partial charge in [-0.15, -0.1) is 0 Å². The molecule has 3 N–H and O–H groups in total. The number of carbonyl (C=O) groups is 1. The monoisotopic (exact) mass is 197 g/mol. The van der Waals surface area contributed by atoms with E-state index in [2.05, 4.69) is 5.73 Å². The molecule has 0 bridgehead atoms. The van der Waals surface area contributed by atoms with Crippen LogP contribution in [0.2, 0.25) is 0 Å². The van der Waals surface area contributed by atoms with Gasteiger partial charge in [-0.1, -0.05) is 0 Å². The first-order valence-corrected chi connectivity index (χ1v) is 3.36. The molecule has 0 aliphatic carbocycles. The topological polar surface area (TPSA) is 63.3 Å². The Morgan fingerprint density at radius 1 is 1.38 bits per heavy atom. The van der Waals surface area contributed by atoms with Crippen LogP contribution in [0, 0.1) is 0 Å². The Morgan fingerprint density at radius 3 is 2.00 bits per heavy atom. The van der Waals surface area contributed by atoms with Gasteiger partial charge in [0.1, 0.15) is 11.3 Å². The molecule has 0 atom stereocenters. The lowest BCUT2D eigenvalue weighted by Crippen LogP contribution is -2.31. The average Bonchev–Trinajstić information content (AvgIpc) is 1.82. The number of allylic oxidation sites excluding steroid dienone is 1. The van der Waals surface area contributed by atoms with Crippen LogP contribution in [0.15, 0.2) is 11.8 Å². The Bertz CT molecular complexity index is 237. The van der Waals surface area contributed by atoms with E-state index in [1.807, 2.05) is 0 Å². The number of carbonyl (C=O) groups excluding carboxylic acids is 1. The molecule has 0 aromatic carbocycles. The van der Waals surface area contributed by atoms with Gasteiger partial charge < -0.3 is 10.8 Å². The Morgan fingerprint density at radius 2 is 1.77 bits per heavy atom. The Hall–Kier alpha value is -1.04. The Balaban J connectivity index is 4.70. The first-order valence-electron chi connectivity index (χ1n) is 3.36. The molecule has 0 unspecified atom stereocenters. The summed E-state index contributed by atoms with van der Waals surface area (Å²) in [5.74, 6) is -1.08. The van der Waals surface area contributed by atoms with E-state index in [1.54, 1.807) is 0 Å². The Labute approximate surface area is 73.0 Å². The summed E-state index contributed by atoms with van der Waals surface area (Å²) in [6.07, 6.45) is -4.55. The highest BCUT2D eigenvalue weighted by molar-refractivity contribution is 5.96. The fourth-order valence-corrected chi connectivity index (χ4v) is 0.400. The second kappa shape index (κ2) is 3.37. The molecule has 13 heavy (non-hydrogen) atoms. The fraction of sp³-hybridized carbons (Fsp3) is 0.571. The number of hydrogen-bond donors (Lipinski definition) is 2. The summed E-state index contributed by atoms with van der Waals surface area (Å²) in [4.78, 5) is 10.8. The second-order valence-electron chi connectivity index (χ2n) is 3.02. The molecule has 0 aliphatic heterocycles. The van der Waals surface area contributed by atoms with Crippen LogP contribution in [0.3, 0.4) is 0 Å². The number of aliphatic hydroxyl groups is 1. The second-order valence-corrected chi connectivity index (χ2v) is 3.02. The zero-order valence-electron chi connectivity index (χ0n) is 7.14. The summed E-state index contributed by atoms with van der Waals surface area (Å²) >= 11 is 0. The lowest BCUT2D eigenvalue weighted by molar-refractivity contribution is -0.130. The van der Waals surface area contributed by atoms with Gasteiger partial charge in [0.25, 0.3) is 0 Å². The van der Waals surface area contributed by atoms with E-state index >= 15 is 0 Å². The predicted octanol–water partition coefficient (Wildman–Crippen LogP) is 0.731. The van der Waals surface area contributed by atoms with Crippen LogP contribution < -0.4 is 5.73 Å². The molecule has 6 heteroatoms. The van der Waals surface area contributed by atoms with E-state index in [0.717, 1.165) is 13.8 Å². The highest BCUT2D eigenvalue weighted by Gasteiger charge is 2.33. The van der Waals surface area contributed by atoms with Crippen molar-refractivity contribution in [1.82, 2.24) is 0 Å². The average molecular weight is 197 g/mol. The van der Waals surface area contributed by atoms with Gasteiger partial charge in [-0.05, 0) is 13.8 Å². The van der Waals surface area contributed by atoms with Gasteiger partial charge in [0.05, 0.1) is 0 Å². The van der Waals surface area contributed by atoms with Gasteiger partial charge in [-0.2, -0.15) is 13.2 Å². The van der Waals surface area contributed by atoms with Crippen molar-refractivity contribution in [3.05, 3.63) is 11.8 Å². The number of hydrogen-bond acceptors (Lipinski definition) is 3. The van der Waals surface area contributed by atoms with Crippen molar-refractivity contribution in [1.29, 1.82) is 0 Å². The summed E-state index contributed by atoms with van der Waals surface area (Å²) in [6.45, 7) is 2.16. The van der Waals surface area contributed by atoms with Gasteiger partial charge in [0, 0.05) is 6.08 Å². The smallest absolute Gasteiger partial charge is 0.395 e. The molecule has 0 rings (SSSR count). The minimum absolute atomic E-state index is 0.181. The van der Waals surface area contributed by atoms with Crippen molar-refractivity contribution in [3.8, 4) is 0 Å². The van der Waals surface area contributed by atoms with Gasteiger partial charge in [-0.25, -0.2) is 0 Å². The summed E-state index contributed by atoms with van der Waals surface area (Å²) < 4.78 is 35.3. The predicted molar refractivity (Wildman–Crippen MR) is 39.6 cm³/mol. The molecule has 0 aromatic rings. The number of ketones is 1. The molecule has 0 fully saturated rings. The van der Waals surface area contributed by atoms with Gasteiger partial charge in [-0.3, -0.25) is 4.79 Å². The fourth-order valence-electron chi connectivity index (χ4n) is 0.400. The molecule has 0 aromatic heterocycles. The maximum atomic E-state index is 11.8. The third-order valence-electron chi connectivity index (χ3n) is 1.22. The molecule has 3 nitrogen and oxygen atoms in total. The summed E-state index contributed by atoms with van der Waals surface area (Å²) in [5.41, 5.74) is 1.20. The zero-order valence-corrected chi connectivity index (χ0v) is 7.14. The summed E-state index contributed by atoms with van der Waals surface area (Å²) in [5, 5.41) is 8.98. The van der Waals surface area contributed by atoms with Gasteiger partial charge in [0.15, 0.2) is 5.78 Å². The van der Waals surface area contributed by atoms with Gasteiger partial charge >= 0.3 is 6.18 Å². The molecule has 0 saturated carbocycles. The molecule has 76 valence electrons. The van der Waals surface area contributed by atoms with Crippen molar-refractivity contribution in [2.75, 3.05) is 0 Å². The van der Waals surface area contributed by atoms with E-state index in [-0.39, 0.29) is 6.08 Å². The van der Waals surface area contributed by atoms with Crippen LogP contribution in [-0.2, 0) is 4.79 Å². The van der Waals surface area contributed by atoms with Crippen LogP contribution in [-0.4, -0.2) is 22.7 Å². The van der Waals surface area contributed by atoms with E-state index in [4.69, 9.17) is 5.11 Å². The third kappa shape index (κ3) is 3.93. The largest absolute Gasteiger partial charge is 0.430 e. The molecule has 0 spiro atoms. The first-order chi connectivity index (χ1) is 5.55. The van der Waals surface area contributed by atoms with Crippen LogP contribution in [0.5, 0.6) is 0 Å². The lowest BCUT2D eigenvalue weighted by atomic mass is 10.0. The molecule has 0 amide bonds. The van der Waals surface area contributed by atoms with Crippen LogP contribution >= 0.6 is 0 Å². The highest BCUT2D eigenvalue weighted by Crippen LogP contribution is 2.21. The molecular weight excluding hydrogens is 187 g/mol. The standard InChI is InChI=1S/C7H10F3NO2/c1-6(2,13)5(12)3-4(11)7(8,9)10/h3,13H,11H2,1-2H3/b4-3-. The molecule has 0 heterocycles. The van der Waals surface area contributed by atoms with Crippen molar-refractivity contribution >= 4 is 5.78 Å². The van der Waals surface area contributed by atoms with Crippen molar-refractivity contribution in [2.45, 2.75) is 25.6 Å². The number of nitrogens with two attached hydrogens (primary N) is 1. The van der Waals surface area contributed by atoms with Crippen molar-refractivity contribution < 1.29 is 23.1 Å². The van der Waals surface area contributed by atoms with Crippen LogP contribution in [0.1, 0.15) is 13.8 Å². The molecule has 0 aliphatic rings. The van der Waals surface area contributed by atoms with E-state index in [0.29, 0.717) is 0 Å². The minimum atomic E-state index is -4.74. The zero-order chi connectivity index (χ0) is 10.9. The van der Waals surface area contributed by atoms with E-state index in [9.17, 15) is 18.0 Å². The molecule has 0 radical (unpaired) electrons. The van der Waals surface area contributed by atoms with Crippen molar-refractivity contribution in [2.24, 2.45) is 5.73 Å². The maximum absolute atomic E-state index is 11.8. The molecular formula is C7H10F3NO2. The maximum Gasteiger partial charge on any atom is 0.430 e. The number of halogens is 3. The van der Waals surface area contributed by atoms with Crippen LogP contribution in [0.4, 0.5) is 13.2 Å². The SMILES string of the molecule is CC(C)(O)C(=O)/C=C(\N)C(F)(F)F. The van der Waals surface area contributed by atoms with E-state index in [1.165, 1.54) is 0 Å². The third-order valence-corrected chi connectivity index (χ3v) is 1.22. The minimum Gasteiger partial charge on any atom is -0.395 e. The highest BCUT2D eigenvalue weighted by atomic mass is 19.4.